The van der Waals surface area contributed by atoms with Crippen molar-refractivity contribution in [3.63, 3.8) is 0 Å². The largest absolute Gasteiger partial charge is 0.385 e. The van der Waals surface area contributed by atoms with Gasteiger partial charge in [-0.3, -0.25) is 19.3 Å². The molecule has 3 heterocycles. The van der Waals surface area contributed by atoms with E-state index in [4.69, 9.17) is 16.3 Å². The first-order valence-electron chi connectivity index (χ1n) is 10.1. The second-order valence-electron chi connectivity index (χ2n) is 8.65. The average Bonchev–Trinajstić information content (AvgIpc) is 3.22. The van der Waals surface area contributed by atoms with Crippen molar-refractivity contribution in [3.05, 3.63) is 28.8 Å². The summed E-state index contributed by atoms with van der Waals surface area (Å²) in [5.74, 6) is -1.57. The summed E-state index contributed by atoms with van der Waals surface area (Å²) in [5.41, 5.74) is 0.224. The standard InChI is InChI=1S/C21H26ClN3O4/c1-11(2)9-15-16-17(19(27)25(18(16)26)7-4-8-29-3)21(24-15)13-10-12(22)5-6-14(13)23-20(21)28/h5-6,10-11,15-17,24H,4,7-9H2,1-3H3,(H,23,28)/p+1/t15?,16?,17?,21-/m0/s1. The number of halogens is 1. The van der Waals surface area contributed by atoms with Crippen LogP contribution in [0.5, 0.6) is 0 Å². The van der Waals surface area contributed by atoms with E-state index in [1.54, 1.807) is 25.3 Å². The number of ether oxygens (including phenoxy) is 1. The Hall–Kier alpha value is -1.96. The van der Waals surface area contributed by atoms with E-state index in [1.807, 2.05) is 5.32 Å². The van der Waals surface area contributed by atoms with E-state index in [9.17, 15) is 14.4 Å². The van der Waals surface area contributed by atoms with Crippen LogP contribution in [0.25, 0.3) is 0 Å². The van der Waals surface area contributed by atoms with Crippen molar-refractivity contribution in [2.75, 3.05) is 25.6 Å². The van der Waals surface area contributed by atoms with Crippen molar-refractivity contribution in [1.29, 1.82) is 0 Å². The predicted octanol–water partition coefficient (Wildman–Crippen LogP) is 1.12. The van der Waals surface area contributed by atoms with Crippen LogP contribution in [-0.2, 0) is 24.7 Å². The number of nitrogens with two attached hydrogens (primary N) is 1. The Bertz CT molecular complexity index is 873. The quantitative estimate of drug-likeness (QED) is 0.532. The molecule has 3 amide bonds. The molecule has 0 saturated carbocycles. The van der Waals surface area contributed by atoms with Crippen molar-refractivity contribution >= 4 is 35.0 Å². The number of rotatable bonds is 6. The Morgan fingerprint density at radius 1 is 1.28 bits per heavy atom. The second kappa shape index (κ2) is 7.38. The molecule has 29 heavy (non-hydrogen) atoms. The summed E-state index contributed by atoms with van der Waals surface area (Å²) in [6, 6.07) is 5.10. The average molecular weight is 421 g/mol. The van der Waals surface area contributed by atoms with Crippen LogP contribution in [0.2, 0.25) is 5.02 Å². The number of methoxy groups -OCH3 is 1. The van der Waals surface area contributed by atoms with E-state index < -0.39 is 17.4 Å². The van der Waals surface area contributed by atoms with Gasteiger partial charge in [0.15, 0.2) is 0 Å². The van der Waals surface area contributed by atoms with Crippen LogP contribution in [-0.4, -0.2) is 48.9 Å². The molecule has 0 radical (unpaired) electrons. The zero-order valence-corrected chi connectivity index (χ0v) is 17.7. The Labute approximate surface area is 175 Å². The van der Waals surface area contributed by atoms with Gasteiger partial charge < -0.3 is 15.4 Å². The number of imide groups is 1. The van der Waals surface area contributed by atoms with E-state index in [0.717, 1.165) is 6.42 Å². The van der Waals surface area contributed by atoms with Gasteiger partial charge in [0, 0.05) is 37.3 Å². The number of benzene rings is 1. The van der Waals surface area contributed by atoms with Crippen LogP contribution in [0.3, 0.4) is 0 Å². The molecule has 1 aromatic carbocycles. The highest BCUT2D eigenvalue weighted by molar-refractivity contribution is 6.31. The first kappa shape index (κ1) is 20.3. The van der Waals surface area contributed by atoms with Crippen molar-refractivity contribution in [3.8, 4) is 0 Å². The zero-order valence-electron chi connectivity index (χ0n) is 16.9. The van der Waals surface area contributed by atoms with Gasteiger partial charge in [-0.2, -0.15) is 0 Å². The van der Waals surface area contributed by atoms with Gasteiger partial charge >= 0.3 is 0 Å². The molecule has 156 valence electrons. The number of anilines is 1. The minimum absolute atomic E-state index is 0.139. The number of likely N-dealkylation sites (tertiary alicyclic amines) is 1. The second-order valence-corrected chi connectivity index (χ2v) is 9.09. The van der Waals surface area contributed by atoms with E-state index in [-0.39, 0.29) is 23.8 Å². The molecule has 7 nitrogen and oxygen atoms in total. The van der Waals surface area contributed by atoms with Crippen LogP contribution in [0, 0.1) is 17.8 Å². The molecule has 0 aromatic heterocycles. The molecule has 2 fully saturated rings. The summed E-state index contributed by atoms with van der Waals surface area (Å²) in [4.78, 5) is 41.4. The lowest BCUT2D eigenvalue weighted by Crippen LogP contribution is -2.99. The van der Waals surface area contributed by atoms with Gasteiger partial charge in [0.1, 0.15) is 17.9 Å². The first-order valence-corrected chi connectivity index (χ1v) is 10.5. The number of amides is 3. The Morgan fingerprint density at radius 3 is 2.72 bits per heavy atom. The number of fused-ring (bicyclic) bond motifs is 4. The highest BCUT2D eigenvalue weighted by Gasteiger charge is 2.74. The van der Waals surface area contributed by atoms with Gasteiger partial charge in [-0.1, -0.05) is 25.4 Å². The third-order valence-electron chi connectivity index (χ3n) is 6.40. The number of carbonyl (C=O) groups is 3. The van der Waals surface area contributed by atoms with Crippen LogP contribution in [0.1, 0.15) is 32.3 Å². The Balaban J connectivity index is 1.79. The normalized spacial score (nSPS) is 30.4. The molecule has 1 spiro atoms. The van der Waals surface area contributed by atoms with Crippen molar-refractivity contribution in [1.82, 2.24) is 4.90 Å². The smallest absolute Gasteiger partial charge is 0.291 e. The maximum atomic E-state index is 13.5. The fraction of sp³-hybridized carbons (Fsp3) is 0.571. The van der Waals surface area contributed by atoms with E-state index >= 15 is 0 Å². The fourth-order valence-corrected chi connectivity index (χ4v) is 5.51. The Morgan fingerprint density at radius 2 is 2.03 bits per heavy atom. The molecule has 3 N–H and O–H groups in total. The third kappa shape index (κ3) is 2.98. The van der Waals surface area contributed by atoms with Crippen LogP contribution in [0.4, 0.5) is 5.69 Å². The molecule has 0 aliphatic carbocycles. The molecular formula is C21H27ClN3O4+. The highest BCUT2D eigenvalue weighted by Crippen LogP contribution is 2.50. The summed E-state index contributed by atoms with van der Waals surface area (Å²) < 4.78 is 5.08. The monoisotopic (exact) mass is 420 g/mol. The molecule has 3 aliphatic rings. The van der Waals surface area contributed by atoms with Crippen LogP contribution in [0.15, 0.2) is 18.2 Å². The van der Waals surface area contributed by atoms with Gasteiger partial charge in [0.25, 0.3) is 5.91 Å². The number of hydrogen-bond donors (Lipinski definition) is 2. The molecule has 1 aromatic rings. The number of carbonyl (C=O) groups excluding carboxylic acids is 3. The van der Waals surface area contributed by atoms with Crippen LogP contribution < -0.4 is 10.6 Å². The number of hydrogen-bond acceptors (Lipinski definition) is 4. The maximum Gasteiger partial charge on any atom is 0.291 e. The lowest BCUT2D eigenvalue weighted by molar-refractivity contribution is -0.734. The Kier molecular flexibility index (Phi) is 5.17. The summed E-state index contributed by atoms with van der Waals surface area (Å²) in [6.07, 6.45) is 1.32. The van der Waals surface area contributed by atoms with E-state index in [0.29, 0.717) is 41.8 Å². The third-order valence-corrected chi connectivity index (χ3v) is 6.63. The summed E-state index contributed by atoms with van der Waals surface area (Å²) in [7, 11) is 1.59. The van der Waals surface area contributed by atoms with Gasteiger partial charge in [0.2, 0.25) is 17.4 Å². The SMILES string of the molecule is COCCCN1C(=O)C2C(CC(C)C)[NH2+][C@]3(C(=O)Nc4ccc(Cl)cc43)C2C1=O. The molecule has 8 heteroatoms. The minimum Gasteiger partial charge on any atom is -0.385 e. The fourth-order valence-electron chi connectivity index (χ4n) is 5.34. The zero-order chi connectivity index (χ0) is 20.9. The summed E-state index contributed by atoms with van der Waals surface area (Å²) in [5, 5.41) is 5.38. The molecule has 3 unspecified atom stereocenters. The summed E-state index contributed by atoms with van der Waals surface area (Å²) in [6.45, 7) is 4.96. The van der Waals surface area contributed by atoms with Crippen molar-refractivity contribution < 1.29 is 24.4 Å². The van der Waals surface area contributed by atoms with Crippen LogP contribution >= 0.6 is 11.6 Å². The highest BCUT2D eigenvalue weighted by atomic mass is 35.5. The topological polar surface area (TPSA) is 92.3 Å². The molecule has 2 saturated heterocycles. The lowest BCUT2D eigenvalue weighted by Gasteiger charge is -2.26. The number of nitrogens with zero attached hydrogens (tertiary/aromatic N) is 1. The molecule has 0 bridgehead atoms. The maximum absolute atomic E-state index is 13.5. The van der Waals surface area contributed by atoms with E-state index in [1.165, 1.54) is 4.90 Å². The molecular weight excluding hydrogens is 394 g/mol. The van der Waals surface area contributed by atoms with Crippen molar-refractivity contribution in [2.45, 2.75) is 38.3 Å². The van der Waals surface area contributed by atoms with Crippen molar-refractivity contribution in [2.24, 2.45) is 17.8 Å². The summed E-state index contributed by atoms with van der Waals surface area (Å²) >= 11 is 6.25. The number of quaternary nitrogens is 1. The molecule has 4 atom stereocenters. The minimum atomic E-state index is -1.15. The molecule has 4 rings (SSSR count). The number of nitrogens with one attached hydrogen (secondary N) is 1. The molecule has 3 aliphatic heterocycles. The lowest BCUT2D eigenvalue weighted by atomic mass is 9.76. The van der Waals surface area contributed by atoms with Gasteiger partial charge in [-0.25, -0.2) is 0 Å². The van der Waals surface area contributed by atoms with Gasteiger partial charge in [-0.05, 0) is 30.5 Å². The van der Waals surface area contributed by atoms with E-state index in [2.05, 4.69) is 19.2 Å². The predicted molar refractivity (Wildman–Crippen MR) is 107 cm³/mol. The first-order chi connectivity index (χ1) is 13.8. The van der Waals surface area contributed by atoms with Gasteiger partial charge in [-0.15, -0.1) is 0 Å². The van der Waals surface area contributed by atoms with Gasteiger partial charge in [0.05, 0.1) is 5.69 Å².